The van der Waals surface area contributed by atoms with Crippen molar-refractivity contribution in [2.24, 2.45) is 0 Å². The lowest BCUT2D eigenvalue weighted by Gasteiger charge is -2.26. The second-order valence-corrected chi connectivity index (χ2v) is 4.84. The first kappa shape index (κ1) is 13.2. The molecule has 2 atom stereocenters. The van der Waals surface area contributed by atoms with E-state index < -0.39 is 0 Å². The first-order valence-corrected chi connectivity index (χ1v) is 6.82. The highest BCUT2D eigenvalue weighted by Gasteiger charge is 2.24. The normalized spacial score (nSPS) is 24.3. The van der Waals surface area contributed by atoms with Crippen molar-refractivity contribution in [2.75, 3.05) is 14.2 Å². The number of ether oxygens (including phenoxy) is 2. The van der Waals surface area contributed by atoms with Crippen LogP contribution in [0.2, 0.25) is 0 Å². The molecule has 0 aromatic heterocycles. The predicted octanol–water partition coefficient (Wildman–Crippen LogP) is 2.99. The third-order valence-electron chi connectivity index (χ3n) is 3.67. The minimum Gasteiger partial charge on any atom is -0.493 e. The van der Waals surface area contributed by atoms with Crippen molar-refractivity contribution in [3.8, 4) is 11.5 Å². The Labute approximate surface area is 109 Å². The van der Waals surface area contributed by atoms with Crippen LogP contribution in [0.1, 0.15) is 32.1 Å². The summed E-state index contributed by atoms with van der Waals surface area (Å²) in [4.78, 5) is 0. The van der Waals surface area contributed by atoms with Crippen LogP contribution in [-0.2, 0) is 0 Å². The number of hydrogen-bond acceptors (Lipinski definition) is 3. The van der Waals surface area contributed by atoms with Gasteiger partial charge in [0.2, 0.25) is 0 Å². The van der Waals surface area contributed by atoms with Crippen molar-refractivity contribution in [2.45, 2.75) is 44.2 Å². The summed E-state index contributed by atoms with van der Waals surface area (Å²) in [7, 11) is 3.71. The Morgan fingerprint density at radius 1 is 1.06 bits per heavy atom. The van der Waals surface area contributed by atoms with Crippen LogP contribution in [0, 0.1) is 0 Å². The zero-order chi connectivity index (χ0) is 12.8. The highest BCUT2D eigenvalue weighted by Crippen LogP contribution is 2.30. The molecule has 0 heterocycles. The van der Waals surface area contributed by atoms with Crippen LogP contribution in [-0.4, -0.2) is 26.3 Å². The number of hydrogen-bond donors (Lipinski definition) is 1. The van der Waals surface area contributed by atoms with Crippen LogP contribution >= 0.6 is 0 Å². The van der Waals surface area contributed by atoms with Crippen LogP contribution in [0.4, 0.5) is 0 Å². The molecule has 1 aromatic carbocycles. The van der Waals surface area contributed by atoms with E-state index in [1.54, 1.807) is 7.11 Å². The van der Waals surface area contributed by atoms with Crippen LogP contribution in [0.25, 0.3) is 0 Å². The Morgan fingerprint density at radius 3 is 2.50 bits per heavy atom. The van der Waals surface area contributed by atoms with Crippen molar-refractivity contribution in [1.29, 1.82) is 0 Å². The highest BCUT2D eigenvalue weighted by atomic mass is 16.5. The van der Waals surface area contributed by atoms with E-state index in [1.165, 1.54) is 25.7 Å². The second kappa shape index (κ2) is 6.64. The first-order chi connectivity index (χ1) is 8.85. The zero-order valence-corrected chi connectivity index (χ0v) is 11.3. The predicted molar refractivity (Wildman–Crippen MR) is 73.3 cm³/mol. The summed E-state index contributed by atoms with van der Waals surface area (Å²) in [5, 5.41) is 3.39. The summed E-state index contributed by atoms with van der Waals surface area (Å²) in [6.45, 7) is 0. The zero-order valence-electron chi connectivity index (χ0n) is 11.3. The largest absolute Gasteiger partial charge is 0.493 e. The van der Waals surface area contributed by atoms with Crippen LogP contribution in [0.15, 0.2) is 24.3 Å². The summed E-state index contributed by atoms with van der Waals surface area (Å²) in [5.41, 5.74) is 0. The second-order valence-electron chi connectivity index (χ2n) is 4.84. The van der Waals surface area contributed by atoms with E-state index in [1.807, 2.05) is 31.3 Å². The Morgan fingerprint density at radius 2 is 1.78 bits per heavy atom. The van der Waals surface area contributed by atoms with Crippen molar-refractivity contribution < 1.29 is 9.47 Å². The Kier molecular flexibility index (Phi) is 4.88. The SMILES string of the molecule is CNC1CCCCCC1Oc1ccccc1OC. The van der Waals surface area contributed by atoms with Crippen LogP contribution in [0.5, 0.6) is 11.5 Å². The van der Waals surface area contributed by atoms with Crippen LogP contribution < -0.4 is 14.8 Å². The molecule has 0 aliphatic heterocycles. The molecule has 3 heteroatoms. The van der Waals surface area contributed by atoms with Gasteiger partial charge >= 0.3 is 0 Å². The van der Waals surface area contributed by atoms with Crippen molar-refractivity contribution in [1.82, 2.24) is 5.32 Å². The summed E-state index contributed by atoms with van der Waals surface area (Å²) in [5.74, 6) is 1.67. The Hall–Kier alpha value is -1.22. The number of para-hydroxylation sites is 2. The van der Waals surface area contributed by atoms with E-state index in [-0.39, 0.29) is 6.10 Å². The molecule has 1 N–H and O–H groups in total. The number of rotatable bonds is 4. The first-order valence-electron chi connectivity index (χ1n) is 6.82. The van der Waals surface area contributed by atoms with Gasteiger partial charge in [-0.2, -0.15) is 0 Å². The molecule has 1 aliphatic carbocycles. The molecule has 0 radical (unpaired) electrons. The van der Waals surface area contributed by atoms with E-state index in [9.17, 15) is 0 Å². The lowest BCUT2D eigenvalue weighted by Crippen LogP contribution is -2.40. The van der Waals surface area contributed by atoms with Gasteiger partial charge in [0.25, 0.3) is 0 Å². The maximum atomic E-state index is 6.17. The third-order valence-corrected chi connectivity index (χ3v) is 3.67. The smallest absolute Gasteiger partial charge is 0.161 e. The highest BCUT2D eigenvalue weighted by molar-refractivity contribution is 5.39. The van der Waals surface area contributed by atoms with Gasteiger partial charge in [-0.15, -0.1) is 0 Å². The van der Waals surface area contributed by atoms with Gasteiger partial charge in [0.15, 0.2) is 11.5 Å². The molecule has 2 unspecified atom stereocenters. The Bertz CT molecular complexity index is 367. The van der Waals surface area contributed by atoms with Gasteiger partial charge in [-0.05, 0) is 38.4 Å². The topological polar surface area (TPSA) is 30.5 Å². The number of likely N-dealkylation sites (N-methyl/N-ethyl adjacent to an activating group) is 1. The van der Waals surface area contributed by atoms with Crippen molar-refractivity contribution >= 4 is 0 Å². The standard InChI is InChI=1S/C15H23NO2/c1-16-12-8-4-3-5-9-13(12)18-15-11-7-6-10-14(15)17-2/h6-7,10-13,16H,3-5,8-9H2,1-2H3. The molecule has 0 spiro atoms. The van der Waals surface area contributed by atoms with Gasteiger partial charge in [0.05, 0.1) is 7.11 Å². The van der Waals surface area contributed by atoms with Gasteiger partial charge in [0.1, 0.15) is 6.10 Å². The molecule has 3 nitrogen and oxygen atoms in total. The average Bonchev–Trinajstić information content (AvgIpc) is 2.64. The summed E-state index contributed by atoms with van der Waals surface area (Å²) in [6.07, 6.45) is 6.40. The molecule has 100 valence electrons. The van der Waals surface area contributed by atoms with E-state index in [4.69, 9.17) is 9.47 Å². The molecular weight excluding hydrogens is 226 g/mol. The minimum absolute atomic E-state index is 0.244. The molecular formula is C15H23NO2. The molecule has 2 rings (SSSR count). The van der Waals surface area contributed by atoms with E-state index >= 15 is 0 Å². The summed E-state index contributed by atoms with van der Waals surface area (Å²) < 4.78 is 11.5. The fourth-order valence-electron chi connectivity index (χ4n) is 2.62. The quantitative estimate of drug-likeness (QED) is 0.832. The molecule has 1 aliphatic rings. The monoisotopic (exact) mass is 249 g/mol. The van der Waals surface area contributed by atoms with E-state index in [0.717, 1.165) is 17.9 Å². The molecule has 18 heavy (non-hydrogen) atoms. The molecule has 1 fully saturated rings. The molecule has 0 saturated heterocycles. The maximum Gasteiger partial charge on any atom is 0.161 e. The van der Waals surface area contributed by atoms with Crippen molar-refractivity contribution in [3.05, 3.63) is 24.3 Å². The summed E-state index contributed by atoms with van der Waals surface area (Å²) >= 11 is 0. The van der Waals surface area contributed by atoms with E-state index in [0.29, 0.717) is 6.04 Å². The Balaban J connectivity index is 2.10. The van der Waals surface area contributed by atoms with E-state index in [2.05, 4.69) is 5.32 Å². The molecule has 0 amide bonds. The number of methoxy groups -OCH3 is 1. The van der Waals surface area contributed by atoms with Gasteiger partial charge in [-0.25, -0.2) is 0 Å². The fraction of sp³-hybridized carbons (Fsp3) is 0.600. The van der Waals surface area contributed by atoms with Gasteiger partial charge in [0, 0.05) is 6.04 Å². The van der Waals surface area contributed by atoms with Gasteiger partial charge < -0.3 is 14.8 Å². The molecule has 1 aromatic rings. The maximum absolute atomic E-state index is 6.17. The fourth-order valence-corrected chi connectivity index (χ4v) is 2.62. The van der Waals surface area contributed by atoms with Crippen molar-refractivity contribution in [3.63, 3.8) is 0 Å². The van der Waals surface area contributed by atoms with Crippen LogP contribution in [0.3, 0.4) is 0 Å². The minimum atomic E-state index is 0.244. The molecule has 1 saturated carbocycles. The number of nitrogens with one attached hydrogen (secondary N) is 1. The third kappa shape index (κ3) is 3.16. The molecule has 0 bridgehead atoms. The lowest BCUT2D eigenvalue weighted by atomic mass is 10.1. The number of benzene rings is 1. The van der Waals surface area contributed by atoms with Gasteiger partial charge in [-0.1, -0.05) is 25.0 Å². The lowest BCUT2D eigenvalue weighted by molar-refractivity contribution is 0.143. The van der Waals surface area contributed by atoms with Gasteiger partial charge in [-0.3, -0.25) is 0 Å². The average molecular weight is 249 g/mol. The summed E-state index contributed by atoms with van der Waals surface area (Å²) in [6, 6.07) is 8.33.